The van der Waals surface area contributed by atoms with Gasteiger partial charge in [0.2, 0.25) is 0 Å². The molecule has 2 heteroatoms. The maximum Gasteiger partial charge on any atom is 0.123 e. The summed E-state index contributed by atoms with van der Waals surface area (Å²) >= 11 is 0. The molecule has 1 aromatic carbocycles. The Morgan fingerprint density at radius 1 is 1.10 bits per heavy atom. The van der Waals surface area contributed by atoms with Crippen LogP contribution in [0.3, 0.4) is 0 Å². The smallest absolute Gasteiger partial charge is 0.123 e. The van der Waals surface area contributed by atoms with Crippen LogP contribution in [0, 0.1) is 17.3 Å². The topological polar surface area (TPSA) is 40.5 Å². The summed E-state index contributed by atoms with van der Waals surface area (Å²) in [5.41, 5.74) is 3.46. The summed E-state index contributed by atoms with van der Waals surface area (Å²) in [6, 6.07) is 3.93. The van der Waals surface area contributed by atoms with Gasteiger partial charge in [-0.25, -0.2) is 0 Å². The van der Waals surface area contributed by atoms with E-state index in [1.54, 1.807) is 0 Å². The number of hydrogen-bond donors (Lipinski definition) is 2. The molecule has 2 fully saturated rings. The number of benzene rings is 1. The van der Waals surface area contributed by atoms with Gasteiger partial charge < -0.3 is 10.2 Å². The van der Waals surface area contributed by atoms with Crippen molar-refractivity contribution in [1.82, 2.24) is 0 Å². The Kier molecular flexibility index (Phi) is 5.34. The van der Waals surface area contributed by atoms with Gasteiger partial charge in [0.25, 0.3) is 0 Å². The first-order chi connectivity index (χ1) is 13.8. The van der Waals surface area contributed by atoms with Gasteiger partial charge in [0.15, 0.2) is 0 Å². The standard InChI is InChI=1S/C27H38O2/c1-5-6-7-8-11-27(12-9-10-13-27)19-15-23(28)25(24(29)16-19)20-14-18(2)21-17-22(20)26(21,3)4/h8,11,14-16,20-22,28-29H,5-7,9-10,12-13,17H2,1-4H3/b11-8-/t20-,21+,22?/m1/s1. The second-order valence-electron chi connectivity index (χ2n) is 10.5. The Labute approximate surface area is 176 Å². The fourth-order valence-electron chi connectivity index (χ4n) is 6.58. The summed E-state index contributed by atoms with van der Waals surface area (Å²) in [5, 5.41) is 22.2. The molecule has 2 N–H and O–H groups in total. The van der Waals surface area contributed by atoms with Gasteiger partial charge in [-0.2, -0.15) is 0 Å². The van der Waals surface area contributed by atoms with Gasteiger partial charge in [-0.1, -0.05) is 70.3 Å². The van der Waals surface area contributed by atoms with E-state index in [0.717, 1.165) is 30.4 Å². The van der Waals surface area contributed by atoms with E-state index in [-0.39, 0.29) is 28.2 Å². The van der Waals surface area contributed by atoms with Crippen LogP contribution in [-0.4, -0.2) is 10.2 Å². The van der Waals surface area contributed by atoms with Crippen LogP contribution >= 0.6 is 0 Å². The molecule has 4 aliphatic carbocycles. The summed E-state index contributed by atoms with van der Waals surface area (Å²) in [6.45, 7) is 9.12. The van der Waals surface area contributed by atoms with Crippen molar-refractivity contribution >= 4 is 0 Å². The molecule has 0 aromatic heterocycles. The Balaban J connectivity index is 1.69. The number of fused-ring (bicyclic) bond motifs is 1. The number of rotatable bonds is 6. The Morgan fingerprint density at radius 2 is 1.76 bits per heavy atom. The molecule has 1 unspecified atom stereocenters. The highest BCUT2D eigenvalue weighted by atomic mass is 16.3. The van der Waals surface area contributed by atoms with Gasteiger partial charge in [-0.3, -0.25) is 0 Å². The van der Waals surface area contributed by atoms with Crippen molar-refractivity contribution in [1.29, 1.82) is 0 Å². The molecule has 5 rings (SSSR count). The largest absolute Gasteiger partial charge is 0.507 e. The molecule has 3 atom stereocenters. The second-order valence-corrected chi connectivity index (χ2v) is 10.5. The number of unbranched alkanes of at least 4 members (excludes halogenated alkanes) is 2. The first kappa shape index (κ1) is 20.6. The molecule has 0 aliphatic heterocycles. The lowest BCUT2D eigenvalue weighted by molar-refractivity contribution is -0.0198. The third-order valence-corrected chi connectivity index (χ3v) is 8.47. The van der Waals surface area contributed by atoms with Crippen molar-refractivity contribution in [2.45, 2.75) is 90.4 Å². The van der Waals surface area contributed by atoms with E-state index >= 15 is 0 Å². The summed E-state index contributed by atoms with van der Waals surface area (Å²) in [5.74, 6) is 1.83. The molecular weight excluding hydrogens is 356 g/mol. The minimum absolute atomic E-state index is 0.0274. The van der Waals surface area contributed by atoms with E-state index < -0.39 is 0 Å². The first-order valence-corrected chi connectivity index (χ1v) is 11.7. The highest BCUT2D eigenvalue weighted by molar-refractivity contribution is 5.54. The van der Waals surface area contributed by atoms with Crippen molar-refractivity contribution in [3.63, 3.8) is 0 Å². The quantitative estimate of drug-likeness (QED) is 0.391. The molecule has 4 aliphatic rings. The zero-order valence-electron chi connectivity index (χ0n) is 18.7. The zero-order chi connectivity index (χ0) is 20.8. The van der Waals surface area contributed by atoms with Crippen molar-refractivity contribution < 1.29 is 10.2 Å². The van der Waals surface area contributed by atoms with Crippen molar-refractivity contribution in [2.24, 2.45) is 17.3 Å². The molecule has 0 spiro atoms. The predicted octanol–water partition coefficient (Wildman–Crippen LogP) is 7.36. The maximum absolute atomic E-state index is 11.1. The van der Waals surface area contributed by atoms with Crippen LogP contribution in [0.15, 0.2) is 35.9 Å². The van der Waals surface area contributed by atoms with Crippen LogP contribution in [0.5, 0.6) is 11.5 Å². The fraction of sp³-hybridized carbons (Fsp3) is 0.630. The molecule has 0 heterocycles. The SMILES string of the molecule is CCCC/C=C\C1(c2cc(O)c([C@@H]3C=C(C)[C@@H]4CC3C4(C)C)c(O)c2)CCCC1. The molecule has 0 saturated heterocycles. The Bertz CT molecular complexity index is 800. The van der Waals surface area contributed by atoms with Crippen molar-refractivity contribution in [3.05, 3.63) is 47.1 Å². The average molecular weight is 395 g/mol. The lowest BCUT2D eigenvalue weighted by atomic mass is 9.45. The number of allylic oxidation sites excluding steroid dienone is 4. The maximum atomic E-state index is 11.1. The molecular formula is C27H38O2. The third kappa shape index (κ3) is 3.33. The van der Waals surface area contributed by atoms with Gasteiger partial charge in [-0.05, 0) is 67.6 Å². The van der Waals surface area contributed by atoms with Crippen LogP contribution in [0.4, 0.5) is 0 Å². The van der Waals surface area contributed by atoms with Gasteiger partial charge in [0.1, 0.15) is 11.5 Å². The van der Waals surface area contributed by atoms with Crippen LogP contribution in [0.25, 0.3) is 0 Å². The molecule has 29 heavy (non-hydrogen) atoms. The van der Waals surface area contributed by atoms with Crippen molar-refractivity contribution in [3.8, 4) is 11.5 Å². The van der Waals surface area contributed by atoms with E-state index in [4.69, 9.17) is 0 Å². The van der Waals surface area contributed by atoms with E-state index in [0.29, 0.717) is 11.8 Å². The zero-order valence-corrected chi connectivity index (χ0v) is 18.7. The number of phenols is 2. The minimum atomic E-state index is -0.0274. The number of hydrogen-bond acceptors (Lipinski definition) is 2. The molecule has 2 saturated carbocycles. The lowest BCUT2D eigenvalue weighted by Crippen LogP contribution is -2.50. The predicted molar refractivity (Wildman–Crippen MR) is 120 cm³/mol. The van der Waals surface area contributed by atoms with Gasteiger partial charge in [0, 0.05) is 16.9 Å². The molecule has 1 aromatic rings. The second kappa shape index (κ2) is 7.52. The normalized spacial score (nSPS) is 29.7. The van der Waals surface area contributed by atoms with Gasteiger partial charge >= 0.3 is 0 Å². The van der Waals surface area contributed by atoms with Crippen LogP contribution in [-0.2, 0) is 5.41 Å². The van der Waals surface area contributed by atoms with E-state index in [2.05, 4.69) is 45.9 Å². The van der Waals surface area contributed by atoms with Gasteiger partial charge in [0.05, 0.1) is 0 Å². The summed E-state index contributed by atoms with van der Waals surface area (Å²) in [7, 11) is 0. The fourth-order valence-corrected chi connectivity index (χ4v) is 6.58. The van der Waals surface area contributed by atoms with Crippen LogP contribution in [0.2, 0.25) is 0 Å². The molecule has 0 amide bonds. The van der Waals surface area contributed by atoms with Crippen molar-refractivity contribution in [2.75, 3.05) is 0 Å². The molecule has 0 radical (unpaired) electrons. The summed E-state index contributed by atoms with van der Waals surface area (Å²) in [6.07, 6.45) is 16.3. The van der Waals surface area contributed by atoms with E-state index in [1.165, 1.54) is 37.7 Å². The molecule has 2 nitrogen and oxygen atoms in total. The first-order valence-electron chi connectivity index (χ1n) is 11.7. The molecule has 2 bridgehead atoms. The number of phenolic OH excluding ortho intramolecular Hbond substituents is 2. The van der Waals surface area contributed by atoms with Gasteiger partial charge in [-0.15, -0.1) is 0 Å². The van der Waals surface area contributed by atoms with Crippen LogP contribution in [0.1, 0.15) is 96.1 Å². The van der Waals surface area contributed by atoms with E-state index in [9.17, 15) is 10.2 Å². The lowest BCUT2D eigenvalue weighted by Gasteiger charge is -2.59. The highest BCUT2D eigenvalue weighted by Gasteiger charge is 2.55. The number of aromatic hydroxyl groups is 2. The van der Waals surface area contributed by atoms with Crippen LogP contribution < -0.4 is 0 Å². The average Bonchev–Trinajstić information content (AvgIpc) is 3.14. The summed E-state index contributed by atoms with van der Waals surface area (Å²) < 4.78 is 0. The minimum Gasteiger partial charge on any atom is -0.507 e. The molecule has 158 valence electrons. The highest BCUT2D eigenvalue weighted by Crippen LogP contribution is 2.65. The Morgan fingerprint density at radius 3 is 2.31 bits per heavy atom. The monoisotopic (exact) mass is 394 g/mol. The Hall–Kier alpha value is -1.70. The third-order valence-electron chi connectivity index (χ3n) is 8.47. The van der Waals surface area contributed by atoms with E-state index in [1.807, 2.05) is 12.1 Å². The summed E-state index contributed by atoms with van der Waals surface area (Å²) in [4.78, 5) is 0.